The fourth-order valence-electron chi connectivity index (χ4n) is 4.32. The van der Waals surface area contributed by atoms with Crippen molar-refractivity contribution in [3.63, 3.8) is 0 Å². The third-order valence-electron chi connectivity index (χ3n) is 5.72. The summed E-state index contributed by atoms with van der Waals surface area (Å²) in [6, 6.07) is 0. The molecule has 0 spiro atoms. The maximum atomic E-state index is 2.35. The minimum absolute atomic E-state index is 0.982. The van der Waals surface area contributed by atoms with Crippen molar-refractivity contribution in [3.05, 3.63) is 24.0 Å². The van der Waals surface area contributed by atoms with Crippen LogP contribution in [0.1, 0.15) is 77.6 Å². The fourth-order valence-corrected chi connectivity index (χ4v) is 4.32. The lowest BCUT2D eigenvalue weighted by Crippen LogP contribution is -2.23. The van der Waals surface area contributed by atoms with Gasteiger partial charge in [0, 0.05) is 0 Å². The zero-order valence-corrected chi connectivity index (χ0v) is 12.7. The number of allylic oxidation sites excluding steroid dienone is 2. The van der Waals surface area contributed by atoms with Gasteiger partial charge in [0.15, 0.2) is 0 Å². The smallest absolute Gasteiger partial charge is 0.00272 e. The van der Waals surface area contributed by atoms with Crippen molar-refractivity contribution < 1.29 is 0 Å². The van der Waals surface area contributed by atoms with Crippen molar-refractivity contribution in [2.75, 3.05) is 0 Å². The topological polar surface area (TPSA) is 0 Å². The van der Waals surface area contributed by atoms with Crippen molar-refractivity contribution in [1.82, 2.24) is 0 Å². The summed E-state index contributed by atoms with van der Waals surface area (Å²) in [4.78, 5) is 0. The molecule has 19 heavy (non-hydrogen) atoms. The van der Waals surface area contributed by atoms with Crippen LogP contribution in [0.2, 0.25) is 0 Å². The molecule has 2 radical (unpaired) electrons. The molecule has 106 valence electrons. The Morgan fingerprint density at radius 1 is 0.842 bits per heavy atom. The SMILES string of the molecule is C/C=C/[C]1CCC([C]2CCC(CC3CC3)CC2)CC1. The first kappa shape index (κ1) is 13.7. The first-order valence-electron chi connectivity index (χ1n) is 8.67. The molecule has 0 N–H and O–H groups in total. The molecule has 3 fully saturated rings. The Bertz CT molecular complexity index is 283. The Morgan fingerprint density at radius 2 is 1.47 bits per heavy atom. The van der Waals surface area contributed by atoms with Gasteiger partial charge in [-0.3, -0.25) is 0 Å². The van der Waals surface area contributed by atoms with E-state index in [9.17, 15) is 0 Å². The average Bonchev–Trinajstić information content (AvgIpc) is 3.25. The van der Waals surface area contributed by atoms with Crippen LogP contribution in [0.15, 0.2) is 12.2 Å². The van der Waals surface area contributed by atoms with E-state index in [4.69, 9.17) is 0 Å². The zero-order valence-electron chi connectivity index (χ0n) is 12.7. The van der Waals surface area contributed by atoms with Crippen molar-refractivity contribution in [1.29, 1.82) is 0 Å². The summed E-state index contributed by atoms with van der Waals surface area (Å²) in [5.41, 5.74) is 0. The summed E-state index contributed by atoms with van der Waals surface area (Å²) in [6.45, 7) is 2.15. The van der Waals surface area contributed by atoms with E-state index < -0.39 is 0 Å². The number of rotatable bonds is 4. The predicted molar refractivity (Wildman–Crippen MR) is 82.6 cm³/mol. The van der Waals surface area contributed by atoms with Gasteiger partial charge in [0.05, 0.1) is 0 Å². The zero-order chi connectivity index (χ0) is 13.1. The van der Waals surface area contributed by atoms with Gasteiger partial charge < -0.3 is 0 Å². The largest absolute Gasteiger partial charge is 0.0911 e. The molecule has 0 saturated heterocycles. The summed E-state index contributed by atoms with van der Waals surface area (Å²) in [5.74, 6) is 6.86. The lowest BCUT2D eigenvalue weighted by atomic mass is 9.68. The van der Waals surface area contributed by atoms with E-state index in [0.717, 1.165) is 17.8 Å². The van der Waals surface area contributed by atoms with Gasteiger partial charge in [-0.25, -0.2) is 0 Å². The van der Waals surface area contributed by atoms with Gasteiger partial charge in [0.1, 0.15) is 0 Å². The van der Waals surface area contributed by atoms with Crippen molar-refractivity contribution in [3.8, 4) is 0 Å². The molecule has 0 atom stereocenters. The molecular weight excluding hydrogens is 228 g/mol. The van der Waals surface area contributed by atoms with E-state index in [1.54, 1.807) is 25.2 Å². The second-order valence-corrected chi connectivity index (χ2v) is 7.21. The van der Waals surface area contributed by atoms with E-state index >= 15 is 0 Å². The molecule has 0 aromatic carbocycles. The lowest BCUT2D eigenvalue weighted by molar-refractivity contribution is 0.281. The first-order valence-corrected chi connectivity index (χ1v) is 8.67. The Balaban J connectivity index is 1.39. The maximum Gasteiger partial charge on any atom is -0.00272 e. The summed E-state index contributed by atoms with van der Waals surface area (Å²) in [7, 11) is 0. The van der Waals surface area contributed by atoms with Crippen LogP contribution in [0, 0.1) is 29.6 Å². The summed E-state index contributed by atoms with van der Waals surface area (Å²) < 4.78 is 0. The highest BCUT2D eigenvalue weighted by Gasteiger charge is 2.33. The molecule has 3 aliphatic rings. The van der Waals surface area contributed by atoms with Crippen molar-refractivity contribution in [2.24, 2.45) is 17.8 Å². The molecule has 3 saturated carbocycles. The summed E-state index contributed by atoms with van der Waals surface area (Å²) in [6.07, 6.45) is 20.8. The van der Waals surface area contributed by atoms with Gasteiger partial charge >= 0.3 is 0 Å². The van der Waals surface area contributed by atoms with Gasteiger partial charge in [-0.2, -0.15) is 0 Å². The summed E-state index contributed by atoms with van der Waals surface area (Å²) in [5, 5.41) is 0. The Kier molecular flexibility index (Phi) is 4.66. The molecule has 3 aliphatic carbocycles. The molecule has 0 heteroatoms. The first-order chi connectivity index (χ1) is 9.35. The molecule has 0 nitrogen and oxygen atoms in total. The van der Waals surface area contributed by atoms with Gasteiger partial charge in [-0.1, -0.05) is 25.0 Å². The van der Waals surface area contributed by atoms with Crippen molar-refractivity contribution >= 4 is 0 Å². The van der Waals surface area contributed by atoms with Crippen LogP contribution >= 0.6 is 0 Å². The lowest BCUT2D eigenvalue weighted by Gasteiger charge is -2.37. The van der Waals surface area contributed by atoms with Crippen LogP contribution in [0.5, 0.6) is 0 Å². The van der Waals surface area contributed by atoms with E-state index in [2.05, 4.69) is 19.1 Å². The van der Waals surface area contributed by atoms with Crippen LogP contribution in [-0.4, -0.2) is 0 Å². The minimum atomic E-state index is 0.982. The van der Waals surface area contributed by atoms with Crippen molar-refractivity contribution in [2.45, 2.75) is 77.6 Å². The van der Waals surface area contributed by atoms with Crippen LogP contribution in [0.4, 0.5) is 0 Å². The molecular formula is C19H30. The van der Waals surface area contributed by atoms with Crippen LogP contribution in [0.25, 0.3) is 0 Å². The predicted octanol–water partition coefficient (Wildman–Crippen LogP) is 5.89. The number of hydrogen-bond acceptors (Lipinski definition) is 0. The minimum Gasteiger partial charge on any atom is -0.0911 e. The Hall–Kier alpha value is -0.260. The molecule has 0 aliphatic heterocycles. The molecule has 0 bridgehead atoms. The molecule has 0 heterocycles. The third-order valence-corrected chi connectivity index (χ3v) is 5.72. The molecule has 0 amide bonds. The van der Waals surface area contributed by atoms with Gasteiger partial charge in [-0.05, 0) is 94.3 Å². The van der Waals surface area contributed by atoms with Gasteiger partial charge in [0.25, 0.3) is 0 Å². The average molecular weight is 258 g/mol. The van der Waals surface area contributed by atoms with Gasteiger partial charge in [-0.15, -0.1) is 0 Å². The van der Waals surface area contributed by atoms with E-state index in [1.807, 2.05) is 5.92 Å². The molecule has 0 aromatic heterocycles. The molecule has 0 aromatic rings. The van der Waals surface area contributed by atoms with Gasteiger partial charge in [0.2, 0.25) is 0 Å². The standard InChI is InChI=1S/C19H30/c1-2-3-15-6-10-18(11-7-15)19-12-8-17(9-13-19)14-16-4-5-16/h2-3,16-18H,4-14H2,1H3/b3-2+. The van der Waals surface area contributed by atoms with Crippen LogP contribution in [-0.2, 0) is 0 Å². The quantitative estimate of drug-likeness (QED) is 0.589. The third kappa shape index (κ3) is 3.86. The van der Waals surface area contributed by atoms with E-state index in [-0.39, 0.29) is 0 Å². The van der Waals surface area contributed by atoms with Crippen LogP contribution in [0.3, 0.4) is 0 Å². The number of hydrogen-bond donors (Lipinski definition) is 0. The van der Waals surface area contributed by atoms with E-state index in [1.165, 1.54) is 51.4 Å². The second-order valence-electron chi connectivity index (χ2n) is 7.21. The second kappa shape index (κ2) is 6.46. The fraction of sp³-hybridized carbons (Fsp3) is 0.789. The van der Waals surface area contributed by atoms with Crippen LogP contribution < -0.4 is 0 Å². The highest BCUT2D eigenvalue weighted by atomic mass is 14.4. The normalized spacial score (nSPS) is 29.3. The Labute approximate surface area is 120 Å². The Morgan fingerprint density at radius 3 is 2.05 bits per heavy atom. The summed E-state index contributed by atoms with van der Waals surface area (Å²) >= 11 is 0. The molecule has 0 unspecified atom stereocenters. The maximum absolute atomic E-state index is 2.35. The molecule has 3 rings (SSSR count). The highest BCUT2D eigenvalue weighted by Crippen LogP contribution is 2.46. The highest BCUT2D eigenvalue weighted by molar-refractivity contribution is 5.14. The van der Waals surface area contributed by atoms with E-state index in [0.29, 0.717) is 0 Å². The monoisotopic (exact) mass is 258 g/mol.